The van der Waals surface area contributed by atoms with Gasteiger partial charge in [-0.05, 0) is 36.1 Å². The first-order valence-corrected chi connectivity index (χ1v) is 11.5. The number of esters is 1. The minimum absolute atomic E-state index is 0.0151. The Kier molecular flexibility index (Phi) is 6.77. The molecule has 0 N–H and O–H groups in total. The SMILES string of the molecule is COC(=O)c1csc(CN(C(=O)c2ccc(-c3ccccc3)cc2)C2CCCCC2)n1. The summed E-state index contributed by atoms with van der Waals surface area (Å²) >= 11 is 1.39. The molecule has 6 heteroatoms. The number of methoxy groups -OCH3 is 1. The summed E-state index contributed by atoms with van der Waals surface area (Å²) in [5, 5.41) is 2.44. The van der Waals surface area contributed by atoms with Crippen LogP contribution < -0.4 is 0 Å². The lowest BCUT2D eigenvalue weighted by Gasteiger charge is -2.34. The number of rotatable bonds is 6. The summed E-state index contributed by atoms with van der Waals surface area (Å²) in [7, 11) is 1.35. The van der Waals surface area contributed by atoms with Crippen LogP contribution in [0, 0.1) is 0 Å². The molecule has 0 spiro atoms. The Morgan fingerprint density at radius 2 is 1.68 bits per heavy atom. The van der Waals surface area contributed by atoms with Gasteiger partial charge >= 0.3 is 5.97 Å². The van der Waals surface area contributed by atoms with Gasteiger partial charge in [-0.2, -0.15) is 0 Å². The van der Waals surface area contributed by atoms with Crippen molar-refractivity contribution in [3.63, 3.8) is 0 Å². The van der Waals surface area contributed by atoms with Crippen LogP contribution in [0.4, 0.5) is 0 Å². The van der Waals surface area contributed by atoms with E-state index in [0.717, 1.165) is 41.8 Å². The summed E-state index contributed by atoms with van der Waals surface area (Å²) in [5.41, 5.74) is 3.19. The van der Waals surface area contributed by atoms with E-state index in [4.69, 9.17) is 4.74 Å². The predicted molar refractivity (Wildman–Crippen MR) is 122 cm³/mol. The summed E-state index contributed by atoms with van der Waals surface area (Å²) < 4.78 is 4.76. The molecule has 1 aliphatic carbocycles. The van der Waals surface area contributed by atoms with E-state index >= 15 is 0 Å². The zero-order valence-electron chi connectivity index (χ0n) is 17.6. The summed E-state index contributed by atoms with van der Waals surface area (Å²) in [6, 6.07) is 18.1. The van der Waals surface area contributed by atoms with Crippen molar-refractivity contribution in [1.29, 1.82) is 0 Å². The Bertz CT molecular complexity index is 1020. The lowest BCUT2D eigenvalue weighted by atomic mass is 9.93. The Morgan fingerprint density at radius 3 is 2.35 bits per heavy atom. The number of hydrogen-bond donors (Lipinski definition) is 0. The average molecular weight is 435 g/mol. The van der Waals surface area contributed by atoms with E-state index in [2.05, 4.69) is 17.1 Å². The maximum Gasteiger partial charge on any atom is 0.357 e. The molecule has 2 aromatic carbocycles. The number of hydrogen-bond acceptors (Lipinski definition) is 5. The first-order valence-electron chi connectivity index (χ1n) is 10.6. The Hall–Kier alpha value is -2.99. The van der Waals surface area contributed by atoms with Crippen molar-refractivity contribution >= 4 is 23.2 Å². The number of aromatic nitrogens is 1. The maximum absolute atomic E-state index is 13.5. The van der Waals surface area contributed by atoms with Gasteiger partial charge in [0.15, 0.2) is 5.69 Å². The first kappa shape index (κ1) is 21.2. The summed E-state index contributed by atoms with van der Waals surface area (Å²) in [4.78, 5) is 31.6. The van der Waals surface area contributed by atoms with E-state index in [1.165, 1.54) is 24.9 Å². The van der Waals surface area contributed by atoms with Crippen molar-refractivity contribution in [2.45, 2.75) is 44.7 Å². The van der Waals surface area contributed by atoms with Crippen LogP contribution in [0.25, 0.3) is 11.1 Å². The van der Waals surface area contributed by atoms with Crippen LogP contribution >= 0.6 is 11.3 Å². The molecule has 31 heavy (non-hydrogen) atoms. The fourth-order valence-corrected chi connectivity index (χ4v) is 4.85. The van der Waals surface area contributed by atoms with Crippen LogP contribution in [0.5, 0.6) is 0 Å². The van der Waals surface area contributed by atoms with Crippen LogP contribution in [0.3, 0.4) is 0 Å². The minimum Gasteiger partial charge on any atom is -0.464 e. The number of carbonyl (C=O) groups is 2. The standard InChI is InChI=1S/C25H26N2O3S/c1-30-25(29)22-17-31-23(26-22)16-27(21-10-6-3-7-11-21)24(28)20-14-12-19(13-15-20)18-8-4-2-5-9-18/h2,4-5,8-9,12-15,17,21H,3,6-7,10-11,16H2,1H3. The van der Waals surface area contributed by atoms with Gasteiger partial charge in [0.05, 0.1) is 13.7 Å². The molecule has 0 bridgehead atoms. The molecule has 1 amide bonds. The van der Waals surface area contributed by atoms with Crippen molar-refractivity contribution in [2.75, 3.05) is 7.11 Å². The average Bonchev–Trinajstić information content (AvgIpc) is 3.31. The van der Waals surface area contributed by atoms with Crippen LogP contribution in [0.15, 0.2) is 60.0 Å². The van der Waals surface area contributed by atoms with Crippen LogP contribution in [0.1, 0.15) is 58.0 Å². The highest BCUT2D eigenvalue weighted by Gasteiger charge is 2.27. The normalized spacial score (nSPS) is 14.2. The molecule has 0 atom stereocenters. The minimum atomic E-state index is -0.449. The number of ether oxygens (including phenoxy) is 1. The quantitative estimate of drug-likeness (QED) is 0.476. The zero-order chi connectivity index (χ0) is 21.6. The van der Waals surface area contributed by atoms with Crippen molar-refractivity contribution in [1.82, 2.24) is 9.88 Å². The summed E-state index contributed by atoms with van der Waals surface area (Å²) in [5.74, 6) is -0.434. The number of thiazole rings is 1. The van der Waals surface area contributed by atoms with E-state index < -0.39 is 5.97 Å². The monoisotopic (exact) mass is 434 g/mol. The van der Waals surface area contributed by atoms with E-state index in [0.29, 0.717) is 17.8 Å². The molecular weight excluding hydrogens is 408 g/mol. The highest BCUT2D eigenvalue weighted by molar-refractivity contribution is 7.09. The van der Waals surface area contributed by atoms with Crippen LogP contribution in [-0.2, 0) is 11.3 Å². The Labute approximate surface area is 186 Å². The molecule has 4 rings (SSSR count). The van der Waals surface area contributed by atoms with E-state index in [1.54, 1.807) is 5.38 Å². The van der Waals surface area contributed by atoms with E-state index in [1.807, 2.05) is 47.4 Å². The molecule has 0 saturated heterocycles. The molecule has 0 radical (unpaired) electrons. The van der Waals surface area contributed by atoms with Crippen molar-refractivity contribution < 1.29 is 14.3 Å². The first-order chi connectivity index (χ1) is 15.2. The van der Waals surface area contributed by atoms with E-state index in [-0.39, 0.29) is 11.9 Å². The van der Waals surface area contributed by atoms with Crippen molar-refractivity contribution in [3.8, 4) is 11.1 Å². The third-order valence-corrected chi connectivity index (χ3v) is 6.60. The Balaban J connectivity index is 1.56. The lowest BCUT2D eigenvalue weighted by Crippen LogP contribution is -2.41. The third kappa shape index (κ3) is 5.02. The topological polar surface area (TPSA) is 59.5 Å². The molecule has 0 unspecified atom stereocenters. The molecule has 1 aromatic heterocycles. The molecule has 1 fully saturated rings. The molecule has 1 aliphatic rings. The second-order valence-electron chi connectivity index (χ2n) is 7.79. The number of amides is 1. The number of benzene rings is 2. The third-order valence-electron chi connectivity index (χ3n) is 5.77. The second-order valence-corrected chi connectivity index (χ2v) is 8.73. The molecular formula is C25H26N2O3S. The van der Waals surface area contributed by atoms with Gasteiger partial charge < -0.3 is 9.64 Å². The second kappa shape index (κ2) is 9.88. The molecule has 0 aliphatic heterocycles. The van der Waals surface area contributed by atoms with Gasteiger partial charge in [0.1, 0.15) is 5.01 Å². The van der Waals surface area contributed by atoms with Gasteiger partial charge in [0, 0.05) is 17.0 Å². The Morgan fingerprint density at radius 1 is 1.00 bits per heavy atom. The van der Waals surface area contributed by atoms with Gasteiger partial charge in [-0.25, -0.2) is 9.78 Å². The van der Waals surface area contributed by atoms with E-state index in [9.17, 15) is 9.59 Å². The van der Waals surface area contributed by atoms with Gasteiger partial charge in [0.2, 0.25) is 0 Å². The van der Waals surface area contributed by atoms with Crippen LogP contribution in [0.2, 0.25) is 0 Å². The van der Waals surface area contributed by atoms with Gasteiger partial charge in [-0.1, -0.05) is 61.7 Å². The molecule has 1 saturated carbocycles. The van der Waals surface area contributed by atoms with Crippen molar-refractivity contribution in [2.24, 2.45) is 0 Å². The highest BCUT2D eigenvalue weighted by atomic mass is 32.1. The van der Waals surface area contributed by atoms with Gasteiger partial charge in [-0.3, -0.25) is 4.79 Å². The largest absolute Gasteiger partial charge is 0.464 e. The molecule has 5 nitrogen and oxygen atoms in total. The smallest absolute Gasteiger partial charge is 0.357 e. The van der Waals surface area contributed by atoms with Crippen molar-refractivity contribution in [3.05, 3.63) is 76.2 Å². The highest BCUT2D eigenvalue weighted by Crippen LogP contribution is 2.27. The number of nitrogens with zero attached hydrogens (tertiary/aromatic N) is 2. The molecule has 1 heterocycles. The predicted octanol–water partition coefficient (Wildman–Crippen LogP) is 5.57. The van der Waals surface area contributed by atoms with Crippen LogP contribution in [-0.4, -0.2) is 34.9 Å². The fourth-order valence-electron chi connectivity index (χ4n) is 4.09. The fraction of sp³-hybridized carbons (Fsp3) is 0.320. The summed E-state index contributed by atoms with van der Waals surface area (Å²) in [6.45, 7) is 0.408. The molecule has 3 aromatic rings. The number of carbonyl (C=O) groups excluding carboxylic acids is 2. The maximum atomic E-state index is 13.5. The lowest BCUT2D eigenvalue weighted by molar-refractivity contribution is 0.0594. The van der Waals surface area contributed by atoms with Gasteiger partial charge in [0.25, 0.3) is 5.91 Å². The van der Waals surface area contributed by atoms with Gasteiger partial charge in [-0.15, -0.1) is 11.3 Å². The zero-order valence-corrected chi connectivity index (χ0v) is 18.4. The summed E-state index contributed by atoms with van der Waals surface area (Å²) in [6.07, 6.45) is 5.49. The molecule has 160 valence electrons.